The van der Waals surface area contributed by atoms with Gasteiger partial charge in [0.05, 0.1) is 11.4 Å². The molecular formula is C20H17N4NaO5S. The van der Waals surface area contributed by atoms with Gasteiger partial charge in [-0.05, 0) is 19.1 Å². The van der Waals surface area contributed by atoms with Crippen LogP contribution in [0.5, 0.6) is 5.75 Å². The fourth-order valence-electron chi connectivity index (χ4n) is 3.19. The van der Waals surface area contributed by atoms with Gasteiger partial charge in [0.1, 0.15) is 16.3 Å². The number of carbonyl (C=O) groups is 1. The zero-order valence-electron chi connectivity index (χ0n) is 17.7. The molecule has 2 N–H and O–H groups in total. The maximum absolute atomic E-state index is 12.8. The molecule has 4 rings (SSSR count). The SMILES string of the molecule is CC1=NN(c2ccccc2)C(=O)C1N=Nc1c(O)cc(S(=O)(=O)O)c2ccccc12.[H-].[Na+]. The summed E-state index contributed by atoms with van der Waals surface area (Å²) in [5.41, 5.74) is 0.994. The van der Waals surface area contributed by atoms with Gasteiger partial charge in [-0.2, -0.15) is 28.8 Å². The van der Waals surface area contributed by atoms with Gasteiger partial charge in [-0.1, -0.05) is 42.5 Å². The molecule has 0 saturated heterocycles. The largest absolute Gasteiger partial charge is 1.00 e. The van der Waals surface area contributed by atoms with Gasteiger partial charge < -0.3 is 6.53 Å². The van der Waals surface area contributed by atoms with Crippen LogP contribution < -0.4 is 34.6 Å². The number of azo groups is 1. The van der Waals surface area contributed by atoms with Crippen molar-refractivity contribution >= 4 is 43.9 Å². The molecule has 0 spiro atoms. The number of hydrazone groups is 1. The fourth-order valence-corrected chi connectivity index (χ4v) is 3.91. The number of phenols is 1. The number of aromatic hydroxyl groups is 1. The molecule has 0 radical (unpaired) electrons. The third-order valence-corrected chi connectivity index (χ3v) is 5.50. The number of hydrogen-bond acceptors (Lipinski definition) is 7. The maximum atomic E-state index is 12.8. The number of anilines is 1. The van der Waals surface area contributed by atoms with Crippen molar-refractivity contribution in [1.82, 2.24) is 0 Å². The first-order chi connectivity index (χ1) is 14.3. The molecule has 0 aliphatic carbocycles. The molecule has 1 heterocycles. The standard InChI is InChI=1S/C20H16N4O5S.Na.H/c1-12-18(20(26)24(23-12)13-7-3-2-4-8-13)21-22-19-15-10-6-5-9-14(15)17(11-16(19)25)30(27,28)29;;/h2-11,18,25H,1H3,(H,27,28,29);;/q;+1;-1. The number of benzene rings is 3. The van der Waals surface area contributed by atoms with Gasteiger partial charge in [0.15, 0.2) is 6.04 Å². The summed E-state index contributed by atoms with van der Waals surface area (Å²) in [5, 5.41) is 24.3. The Morgan fingerprint density at radius 2 is 1.68 bits per heavy atom. The molecule has 1 aliphatic heterocycles. The Morgan fingerprint density at radius 1 is 1.06 bits per heavy atom. The van der Waals surface area contributed by atoms with Crippen LogP contribution in [0.3, 0.4) is 0 Å². The van der Waals surface area contributed by atoms with Crippen molar-refractivity contribution in [3.63, 3.8) is 0 Å². The number of para-hydroxylation sites is 1. The second-order valence-electron chi connectivity index (χ2n) is 6.61. The minimum atomic E-state index is -4.57. The molecule has 0 saturated carbocycles. The molecule has 154 valence electrons. The summed E-state index contributed by atoms with van der Waals surface area (Å²) < 4.78 is 32.8. The van der Waals surface area contributed by atoms with E-state index in [2.05, 4.69) is 15.3 Å². The number of fused-ring (bicyclic) bond motifs is 1. The van der Waals surface area contributed by atoms with Crippen LogP contribution in [0.1, 0.15) is 8.35 Å². The molecule has 31 heavy (non-hydrogen) atoms. The minimum absolute atomic E-state index is 0. The molecule has 3 aromatic rings. The van der Waals surface area contributed by atoms with Gasteiger partial charge in [0.25, 0.3) is 16.0 Å². The van der Waals surface area contributed by atoms with Crippen LogP contribution >= 0.6 is 0 Å². The van der Waals surface area contributed by atoms with Gasteiger partial charge in [0, 0.05) is 16.8 Å². The summed E-state index contributed by atoms with van der Waals surface area (Å²) in [7, 11) is -4.57. The molecule has 1 amide bonds. The third-order valence-electron chi connectivity index (χ3n) is 4.61. The Hall–Kier alpha value is -2.63. The number of rotatable bonds is 4. The fraction of sp³-hybridized carbons (Fsp3) is 0.100. The summed E-state index contributed by atoms with van der Waals surface area (Å²) in [4.78, 5) is 12.3. The number of phenolic OH excluding ortho intramolecular Hbond substituents is 1. The first-order valence-electron chi connectivity index (χ1n) is 8.84. The number of hydrogen-bond donors (Lipinski definition) is 2. The maximum Gasteiger partial charge on any atom is 1.00 e. The summed E-state index contributed by atoms with van der Waals surface area (Å²) in [5.74, 6) is -0.897. The van der Waals surface area contributed by atoms with Crippen molar-refractivity contribution in [2.45, 2.75) is 17.9 Å². The predicted molar refractivity (Wildman–Crippen MR) is 112 cm³/mol. The third kappa shape index (κ3) is 4.39. The van der Waals surface area contributed by atoms with Crippen LogP contribution in [0.15, 0.2) is 80.9 Å². The van der Waals surface area contributed by atoms with Gasteiger partial charge in [0.2, 0.25) is 0 Å². The van der Waals surface area contributed by atoms with Crippen molar-refractivity contribution in [2.75, 3.05) is 5.01 Å². The van der Waals surface area contributed by atoms with E-state index in [1.807, 2.05) is 6.07 Å². The van der Waals surface area contributed by atoms with Crippen molar-refractivity contribution in [2.24, 2.45) is 15.3 Å². The van der Waals surface area contributed by atoms with Crippen LogP contribution in [0, 0.1) is 0 Å². The topological polar surface area (TPSA) is 132 Å². The van der Waals surface area contributed by atoms with E-state index >= 15 is 0 Å². The van der Waals surface area contributed by atoms with Gasteiger partial charge in [-0.3, -0.25) is 9.35 Å². The smallest absolute Gasteiger partial charge is 1.00 e. The molecule has 3 aromatic carbocycles. The van der Waals surface area contributed by atoms with Crippen molar-refractivity contribution < 1.29 is 53.9 Å². The summed E-state index contributed by atoms with van der Waals surface area (Å²) in [6.07, 6.45) is 0. The summed E-state index contributed by atoms with van der Waals surface area (Å²) in [6.45, 7) is 1.64. The first kappa shape index (κ1) is 23.0. The van der Waals surface area contributed by atoms with Crippen molar-refractivity contribution in [3.05, 3.63) is 60.7 Å². The van der Waals surface area contributed by atoms with E-state index in [1.54, 1.807) is 43.3 Å². The van der Waals surface area contributed by atoms with E-state index in [0.717, 1.165) is 6.07 Å². The molecule has 1 aliphatic rings. The average Bonchev–Trinajstić information content (AvgIpc) is 3.00. The number of nitrogens with zero attached hydrogens (tertiary/aromatic N) is 4. The van der Waals surface area contributed by atoms with E-state index in [1.165, 1.54) is 17.1 Å². The summed E-state index contributed by atoms with van der Waals surface area (Å²) in [6, 6.07) is 15.0. The Morgan fingerprint density at radius 3 is 2.32 bits per heavy atom. The van der Waals surface area contributed by atoms with Gasteiger partial charge in [-0.15, -0.1) is 0 Å². The van der Waals surface area contributed by atoms with E-state index in [0.29, 0.717) is 11.4 Å². The molecule has 0 fully saturated rings. The Labute approximate surface area is 201 Å². The molecule has 0 bridgehead atoms. The van der Waals surface area contributed by atoms with Crippen molar-refractivity contribution in [1.29, 1.82) is 0 Å². The van der Waals surface area contributed by atoms with Crippen LogP contribution in [-0.2, 0) is 14.9 Å². The number of amides is 1. The van der Waals surface area contributed by atoms with Crippen LogP contribution in [-0.4, -0.2) is 35.7 Å². The van der Waals surface area contributed by atoms with Crippen LogP contribution in [0.25, 0.3) is 10.8 Å². The second kappa shape index (κ2) is 8.85. The van der Waals surface area contributed by atoms with E-state index in [-0.39, 0.29) is 47.4 Å². The van der Waals surface area contributed by atoms with Gasteiger partial charge in [-0.25, -0.2) is 0 Å². The molecular weight excluding hydrogens is 431 g/mol. The predicted octanol–water partition coefficient (Wildman–Crippen LogP) is 0.784. The zero-order valence-corrected chi connectivity index (χ0v) is 19.5. The monoisotopic (exact) mass is 448 g/mol. The normalized spacial score (nSPS) is 16.6. The Kier molecular flexibility index (Phi) is 6.58. The van der Waals surface area contributed by atoms with E-state index < -0.39 is 32.7 Å². The Balaban J connectivity index is 0.00000181. The molecule has 1 unspecified atom stereocenters. The zero-order chi connectivity index (χ0) is 21.5. The molecule has 9 nitrogen and oxygen atoms in total. The first-order valence-corrected chi connectivity index (χ1v) is 10.3. The molecule has 1 atom stereocenters. The molecule has 11 heteroatoms. The van der Waals surface area contributed by atoms with E-state index in [4.69, 9.17) is 0 Å². The van der Waals surface area contributed by atoms with Crippen LogP contribution in [0.4, 0.5) is 11.4 Å². The quantitative estimate of drug-likeness (QED) is 0.346. The second-order valence-corrected chi connectivity index (χ2v) is 8.00. The Bertz CT molecular complexity index is 1330. The number of carbonyl (C=O) groups excluding carboxylic acids is 1. The van der Waals surface area contributed by atoms with Crippen LogP contribution in [0.2, 0.25) is 0 Å². The van der Waals surface area contributed by atoms with Gasteiger partial charge >= 0.3 is 29.6 Å². The van der Waals surface area contributed by atoms with Crippen molar-refractivity contribution in [3.8, 4) is 5.75 Å². The van der Waals surface area contributed by atoms with E-state index in [9.17, 15) is 22.9 Å². The summed E-state index contributed by atoms with van der Waals surface area (Å²) >= 11 is 0. The molecule has 0 aromatic heterocycles. The minimum Gasteiger partial charge on any atom is -1.00 e. The average molecular weight is 448 g/mol.